The summed E-state index contributed by atoms with van der Waals surface area (Å²) in [5.41, 5.74) is 0. The third-order valence-electron chi connectivity index (χ3n) is 1.41. The van der Waals surface area contributed by atoms with Gasteiger partial charge in [-0.1, -0.05) is 13.3 Å². The minimum Gasteiger partial charge on any atom is -0.384 e. The maximum atomic E-state index is 9.99. The molecule has 0 rings (SSSR count). The van der Waals surface area contributed by atoms with Gasteiger partial charge in [0, 0.05) is 20.1 Å². The summed E-state index contributed by atoms with van der Waals surface area (Å²) in [4.78, 5) is 9.99. The summed E-state index contributed by atoms with van der Waals surface area (Å²) >= 11 is 0. The van der Waals surface area contributed by atoms with Gasteiger partial charge in [-0.2, -0.15) is 0 Å². The van der Waals surface area contributed by atoms with Crippen LogP contribution in [-0.4, -0.2) is 20.0 Å². The predicted molar refractivity (Wildman–Crippen MR) is 36.3 cm³/mol. The van der Waals surface area contributed by atoms with Crippen LogP contribution in [-0.2, 0) is 9.53 Å². The zero-order chi connectivity index (χ0) is 7.11. The third-order valence-corrected chi connectivity index (χ3v) is 1.41. The molecule has 0 aromatic carbocycles. The van der Waals surface area contributed by atoms with E-state index in [1.165, 1.54) is 0 Å². The second-order valence-electron chi connectivity index (χ2n) is 2.13. The van der Waals surface area contributed by atoms with Gasteiger partial charge < -0.3 is 9.53 Å². The van der Waals surface area contributed by atoms with Crippen molar-refractivity contribution >= 4 is 6.29 Å². The molecule has 0 radical (unpaired) electrons. The van der Waals surface area contributed by atoms with Gasteiger partial charge in [-0.05, 0) is 5.92 Å². The zero-order valence-corrected chi connectivity index (χ0v) is 6.09. The fourth-order valence-corrected chi connectivity index (χ4v) is 0.724. The highest BCUT2D eigenvalue weighted by Gasteiger charge is 2.02. The van der Waals surface area contributed by atoms with Crippen molar-refractivity contribution in [3.05, 3.63) is 0 Å². The molecule has 0 fully saturated rings. The molecule has 0 bridgehead atoms. The molecule has 9 heavy (non-hydrogen) atoms. The number of methoxy groups -OCH3 is 1. The van der Waals surface area contributed by atoms with Gasteiger partial charge in [-0.25, -0.2) is 0 Å². The number of ether oxygens (including phenoxy) is 1. The lowest BCUT2D eigenvalue weighted by atomic mass is 10.1. The Bertz CT molecular complexity index is 71.3. The Hall–Kier alpha value is -0.370. The van der Waals surface area contributed by atoms with Crippen molar-refractivity contribution in [1.29, 1.82) is 0 Å². The van der Waals surface area contributed by atoms with Crippen LogP contribution in [0.2, 0.25) is 0 Å². The van der Waals surface area contributed by atoms with E-state index >= 15 is 0 Å². The second-order valence-corrected chi connectivity index (χ2v) is 2.13. The van der Waals surface area contributed by atoms with Gasteiger partial charge in [0.05, 0.1) is 0 Å². The van der Waals surface area contributed by atoms with Crippen molar-refractivity contribution in [3.8, 4) is 0 Å². The summed E-state index contributed by atoms with van der Waals surface area (Å²) in [7, 11) is 1.66. The van der Waals surface area contributed by atoms with E-state index in [0.717, 1.165) is 12.7 Å². The van der Waals surface area contributed by atoms with Gasteiger partial charge in [0.2, 0.25) is 0 Å². The summed E-state index contributed by atoms with van der Waals surface area (Å²) in [5.74, 6) is 0.424. The minimum absolute atomic E-state index is 0.424. The fourth-order valence-electron chi connectivity index (χ4n) is 0.724. The van der Waals surface area contributed by atoms with Crippen molar-refractivity contribution < 1.29 is 9.53 Å². The lowest BCUT2D eigenvalue weighted by molar-refractivity contribution is -0.109. The highest BCUT2D eigenvalue weighted by atomic mass is 16.5. The van der Waals surface area contributed by atoms with Crippen LogP contribution in [0.1, 0.15) is 19.8 Å². The van der Waals surface area contributed by atoms with Crippen LogP contribution in [0.5, 0.6) is 0 Å². The molecule has 0 aromatic rings. The molecule has 0 aromatic heterocycles. The Labute approximate surface area is 56.2 Å². The number of rotatable bonds is 5. The molecule has 1 atom stereocenters. The van der Waals surface area contributed by atoms with Crippen LogP contribution < -0.4 is 0 Å². The molecule has 54 valence electrons. The Morgan fingerprint density at radius 2 is 2.33 bits per heavy atom. The Kier molecular flexibility index (Phi) is 5.52. The lowest BCUT2D eigenvalue weighted by Gasteiger charge is -2.07. The van der Waals surface area contributed by atoms with E-state index in [4.69, 9.17) is 4.74 Å². The molecular weight excluding hydrogens is 116 g/mol. The van der Waals surface area contributed by atoms with Crippen LogP contribution >= 0.6 is 0 Å². The first kappa shape index (κ1) is 8.63. The van der Waals surface area contributed by atoms with Crippen molar-refractivity contribution in [2.45, 2.75) is 19.8 Å². The van der Waals surface area contributed by atoms with Crippen molar-refractivity contribution in [2.75, 3.05) is 13.7 Å². The second kappa shape index (κ2) is 5.76. The summed E-state index contributed by atoms with van der Waals surface area (Å²) in [6.45, 7) is 2.77. The molecule has 0 amide bonds. The van der Waals surface area contributed by atoms with Gasteiger partial charge in [-0.15, -0.1) is 0 Å². The Morgan fingerprint density at radius 1 is 1.67 bits per heavy atom. The highest BCUT2D eigenvalue weighted by Crippen LogP contribution is 2.05. The van der Waals surface area contributed by atoms with E-state index in [-0.39, 0.29) is 0 Å². The minimum atomic E-state index is 0.424. The molecular formula is C7H14O2. The average Bonchev–Trinajstić information content (AvgIpc) is 1.88. The smallest absolute Gasteiger partial charge is 0.120 e. The van der Waals surface area contributed by atoms with Crippen LogP contribution in [0, 0.1) is 5.92 Å². The number of aldehydes is 1. The van der Waals surface area contributed by atoms with Gasteiger partial charge in [0.25, 0.3) is 0 Å². The Morgan fingerprint density at radius 3 is 2.67 bits per heavy atom. The molecule has 0 saturated heterocycles. The largest absolute Gasteiger partial charge is 0.384 e. The van der Waals surface area contributed by atoms with Gasteiger partial charge in [0.1, 0.15) is 6.29 Å². The number of hydrogen-bond acceptors (Lipinski definition) is 2. The lowest BCUT2D eigenvalue weighted by Crippen LogP contribution is -2.06. The topological polar surface area (TPSA) is 26.3 Å². The quantitative estimate of drug-likeness (QED) is 0.523. The van der Waals surface area contributed by atoms with Crippen LogP contribution in [0.4, 0.5) is 0 Å². The van der Waals surface area contributed by atoms with Crippen molar-refractivity contribution in [1.82, 2.24) is 0 Å². The molecule has 2 heteroatoms. The average molecular weight is 130 g/mol. The van der Waals surface area contributed by atoms with E-state index in [1.54, 1.807) is 7.11 Å². The van der Waals surface area contributed by atoms with E-state index in [0.29, 0.717) is 18.9 Å². The van der Waals surface area contributed by atoms with Crippen LogP contribution in [0.3, 0.4) is 0 Å². The third kappa shape index (κ3) is 4.15. The Balaban J connectivity index is 3.28. The molecule has 1 unspecified atom stereocenters. The predicted octanol–water partition coefficient (Wildman–Crippen LogP) is 1.25. The summed E-state index contributed by atoms with van der Waals surface area (Å²) in [6, 6.07) is 0. The van der Waals surface area contributed by atoms with Gasteiger partial charge in [0.15, 0.2) is 0 Å². The first-order valence-corrected chi connectivity index (χ1v) is 3.27. The van der Waals surface area contributed by atoms with Gasteiger partial charge >= 0.3 is 0 Å². The van der Waals surface area contributed by atoms with Crippen LogP contribution in [0.15, 0.2) is 0 Å². The fraction of sp³-hybridized carbons (Fsp3) is 0.857. The van der Waals surface area contributed by atoms with Crippen molar-refractivity contribution in [2.24, 2.45) is 5.92 Å². The van der Waals surface area contributed by atoms with E-state index in [9.17, 15) is 4.79 Å². The first-order valence-electron chi connectivity index (χ1n) is 3.27. The number of carbonyl (C=O) groups excluding carboxylic acids is 1. The summed E-state index contributed by atoms with van der Waals surface area (Å²) in [5, 5.41) is 0. The SMILES string of the molecule is CCC(CC=O)COC. The van der Waals surface area contributed by atoms with Crippen molar-refractivity contribution in [3.63, 3.8) is 0 Å². The maximum Gasteiger partial charge on any atom is 0.120 e. The molecule has 0 saturated carbocycles. The number of hydrogen-bond donors (Lipinski definition) is 0. The molecule has 0 spiro atoms. The van der Waals surface area contributed by atoms with Gasteiger partial charge in [-0.3, -0.25) is 0 Å². The molecule has 0 N–H and O–H groups in total. The monoisotopic (exact) mass is 130 g/mol. The molecule has 0 aliphatic carbocycles. The highest BCUT2D eigenvalue weighted by molar-refractivity contribution is 5.49. The normalized spacial score (nSPS) is 13.1. The number of carbonyl (C=O) groups is 1. The van der Waals surface area contributed by atoms with E-state index in [2.05, 4.69) is 6.92 Å². The molecule has 2 nitrogen and oxygen atoms in total. The standard InChI is InChI=1S/C7H14O2/c1-3-7(4-5-8)6-9-2/h5,7H,3-4,6H2,1-2H3. The molecule has 0 aliphatic heterocycles. The first-order chi connectivity index (χ1) is 4.35. The molecule has 0 heterocycles. The van der Waals surface area contributed by atoms with E-state index in [1.807, 2.05) is 0 Å². The van der Waals surface area contributed by atoms with E-state index < -0.39 is 0 Å². The van der Waals surface area contributed by atoms with Crippen LogP contribution in [0.25, 0.3) is 0 Å². The zero-order valence-electron chi connectivity index (χ0n) is 6.09. The molecule has 0 aliphatic rings. The summed E-state index contributed by atoms with van der Waals surface area (Å²) < 4.78 is 4.89. The summed E-state index contributed by atoms with van der Waals surface area (Å²) in [6.07, 6.45) is 2.60. The maximum absolute atomic E-state index is 9.99.